The highest BCUT2D eigenvalue weighted by Gasteiger charge is 2.18. The van der Waals surface area contributed by atoms with E-state index in [4.69, 9.17) is 0 Å². The summed E-state index contributed by atoms with van der Waals surface area (Å²) >= 11 is 3.35. The minimum absolute atomic E-state index is 0.0169. The van der Waals surface area contributed by atoms with Crippen molar-refractivity contribution in [2.45, 2.75) is 13.0 Å². The number of nitrogens with zero attached hydrogens (tertiary/aromatic N) is 5. The second-order valence-electron chi connectivity index (χ2n) is 3.85. The van der Waals surface area contributed by atoms with E-state index in [0.29, 0.717) is 16.0 Å². The lowest BCUT2D eigenvalue weighted by atomic mass is 10.2. The minimum atomic E-state index is -0.457. The maximum absolute atomic E-state index is 10.8. The van der Waals surface area contributed by atoms with Gasteiger partial charge >= 0.3 is 0 Å². The standard InChI is InChI=1S/C10H11BrN6O2/c1-6(12-2)10-13-14-15-16(10)9-5-7(17(18)19)3-4-8(9)11/h3-6,12H,1-2H3. The average molecular weight is 327 g/mol. The van der Waals surface area contributed by atoms with Crippen molar-refractivity contribution in [1.29, 1.82) is 0 Å². The maximum atomic E-state index is 10.8. The summed E-state index contributed by atoms with van der Waals surface area (Å²) in [4.78, 5) is 10.4. The van der Waals surface area contributed by atoms with Gasteiger partial charge in [-0.2, -0.15) is 4.68 Å². The molecule has 100 valence electrons. The zero-order valence-corrected chi connectivity index (χ0v) is 11.8. The number of nitro benzene ring substituents is 1. The molecule has 8 nitrogen and oxygen atoms in total. The van der Waals surface area contributed by atoms with Gasteiger partial charge in [-0.05, 0) is 46.4 Å². The van der Waals surface area contributed by atoms with Gasteiger partial charge in [0.05, 0.1) is 16.7 Å². The van der Waals surface area contributed by atoms with Gasteiger partial charge in [0.15, 0.2) is 5.82 Å². The largest absolute Gasteiger partial charge is 0.311 e. The predicted octanol–water partition coefficient (Wildman–Crippen LogP) is 1.61. The molecule has 0 aliphatic heterocycles. The number of nitro groups is 1. The molecule has 0 fully saturated rings. The molecule has 2 aromatic rings. The number of hydrogen-bond donors (Lipinski definition) is 1. The SMILES string of the molecule is CNC(C)c1nnnn1-c1cc([N+](=O)[O-])ccc1Br. The van der Waals surface area contributed by atoms with Gasteiger partial charge in [-0.15, -0.1) is 5.10 Å². The molecule has 1 aromatic carbocycles. The topological polar surface area (TPSA) is 98.8 Å². The number of nitrogens with one attached hydrogen (secondary N) is 1. The van der Waals surface area contributed by atoms with E-state index < -0.39 is 4.92 Å². The molecular formula is C10H11BrN6O2. The van der Waals surface area contributed by atoms with Crippen molar-refractivity contribution in [3.63, 3.8) is 0 Å². The molecular weight excluding hydrogens is 316 g/mol. The first kappa shape index (κ1) is 13.6. The van der Waals surface area contributed by atoms with Crippen LogP contribution in [0.5, 0.6) is 0 Å². The summed E-state index contributed by atoms with van der Waals surface area (Å²) < 4.78 is 2.15. The molecule has 1 unspecified atom stereocenters. The monoisotopic (exact) mass is 326 g/mol. The number of non-ortho nitro benzene ring substituents is 1. The lowest BCUT2D eigenvalue weighted by Gasteiger charge is -2.11. The molecule has 2 rings (SSSR count). The van der Waals surface area contributed by atoms with Crippen LogP contribution in [0, 0.1) is 10.1 Å². The molecule has 0 saturated carbocycles. The number of hydrogen-bond acceptors (Lipinski definition) is 6. The van der Waals surface area contributed by atoms with E-state index in [1.165, 1.54) is 16.8 Å². The fourth-order valence-electron chi connectivity index (χ4n) is 1.54. The normalized spacial score (nSPS) is 12.4. The molecule has 0 spiro atoms. The van der Waals surface area contributed by atoms with Crippen LogP contribution in [0.15, 0.2) is 22.7 Å². The van der Waals surface area contributed by atoms with Gasteiger partial charge in [0.25, 0.3) is 5.69 Å². The molecule has 0 aliphatic carbocycles. The molecule has 19 heavy (non-hydrogen) atoms. The Bertz CT molecular complexity index is 614. The number of halogens is 1. The van der Waals surface area contributed by atoms with Crippen molar-refractivity contribution in [3.8, 4) is 5.69 Å². The molecule has 1 atom stereocenters. The summed E-state index contributed by atoms with van der Waals surface area (Å²) in [5.41, 5.74) is 0.507. The van der Waals surface area contributed by atoms with E-state index in [1.807, 2.05) is 6.92 Å². The molecule has 0 radical (unpaired) electrons. The van der Waals surface area contributed by atoms with Crippen LogP contribution < -0.4 is 5.32 Å². The fraction of sp³-hybridized carbons (Fsp3) is 0.300. The van der Waals surface area contributed by atoms with Crippen molar-refractivity contribution >= 4 is 21.6 Å². The first-order valence-corrected chi connectivity index (χ1v) is 6.23. The summed E-state index contributed by atoms with van der Waals surface area (Å²) in [5.74, 6) is 0.573. The first-order chi connectivity index (χ1) is 9.04. The highest BCUT2D eigenvalue weighted by atomic mass is 79.9. The van der Waals surface area contributed by atoms with Crippen molar-refractivity contribution in [1.82, 2.24) is 25.5 Å². The Kier molecular flexibility index (Phi) is 3.86. The fourth-order valence-corrected chi connectivity index (χ4v) is 1.96. The summed E-state index contributed by atoms with van der Waals surface area (Å²) in [6.45, 7) is 1.90. The molecule has 0 bridgehead atoms. The summed E-state index contributed by atoms with van der Waals surface area (Å²) in [6.07, 6.45) is 0. The second kappa shape index (κ2) is 5.41. The number of tetrazole rings is 1. The van der Waals surface area contributed by atoms with Crippen molar-refractivity contribution < 1.29 is 4.92 Å². The van der Waals surface area contributed by atoms with Gasteiger partial charge in [-0.25, -0.2) is 0 Å². The zero-order valence-electron chi connectivity index (χ0n) is 10.2. The third kappa shape index (κ3) is 2.61. The van der Waals surface area contributed by atoms with Crippen LogP contribution in [-0.4, -0.2) is 32.2 Å². The Hall–Kier alpha value is -1.87. The third-order valence-electron chi connectivity index (χ3n) is 2.68. The Labute approximate surface area is 117 Å². The van der Waals surface area contributed by atoms with Gasteiger partial charge in [0.2, 0.25) is 0 Å². The molecule has 1 aromatic heterocycles. The van der Waals surface area contributed by atoms with E-state index in [1.54, 1.807) is 13.1 Å². The smallest absolute Gasteiger partial charge is 0.271 e. The molecule has 1 N–H and O–H groups in total. The Morgan fingerprint density at radius 1 is 1.53 bits per heavy atom. The van der Waals surface area contributed by atoms with Gasteiger partial charge in [0, 0.05) is 16.6 Å². The van der Waals surface area contributed by atoms with Crippen LogP contribution in [-0.2, 0) is 0 Å². The van der Waals surface area contributed by atoms with E-state index in [2.05, 4.69) is 36.8 Å². The number of rotatable bonds is 4. The highest BCUT2D eigenvalue weighted by molar-refractivity contribution is 9.10. The van der Waals surface area contributed by atoms with Gasteiger partial charge in [-0.3, -0.25) is 10.1 Å². The quantitative estimate of drug-likeness (QED) is 0.677. The lowest BCUT2D eigenvalue weighted by molar-refractivity contribution is -0.384. The second-order valence-corrected chi connectivity index (χ2v) is 4.71. The van der Waals surface area contributed by atoms with Gasteiger partial charge in [0.1, 0.15) is 0 Å². The van der Waals surface area contributed by atoms with Crippen LogP contribution in [0.2, 0.25) is 0 Å². The highest BCUT2D eigenvalue weighted by Crippen LogP contribution is 2.26. The van der Waals surface area contributed by atoms with Crippen LogP contribution in [0.1, 0.15) is 18.8 Å². The summed E-state index contributed by atoms with van der Waals surface area (Å²) in [7, 11) is 1.78. The number of benzene rings is 1. The Balaban J connectivity index is 2.55. The van der Waals surface area contributed by atoms with E-state index in [-0.39, 0.29) is 11.7 Å². The van der Waals surface area contributed by atoms with Crippen LogP contribution in [0.4, 0.5) is 5.69 Å². The van der Waals surface area contributed by atoms with Crippen LogP contribution >= 0.6 is 15.9 Å². The van der Waals surface area contributed by atoms with Crippen molar-refractivity contribution in [2.24, 2.45) is 0 Å². The molecule has 9 heteroatoms. The van der Waals surface area contributed by atoms with Gasteiger partial charge in [-0.1, -0.05) is 0 Å². The molecule has 1 heterocycles. The van der Waals surface area contributed by atoms with E-state index >= 15 is 0 Å². The van der Waals surface area contributed by atoms with Gasteiger partial charge < -0.3 is 5.32 Å². The molecule has 0 aliphatic rings. The van der Waals surface area contributed by atoms with Crippen LogP contribution in [0.25, 0.3) is 5.69 Å². The third-order valence-corrected chi connectivity index (χ3v) is 3.35. The average Bonchev–Trinajstić information content (AvgIpc) is 2.87. The van der Waals surface area contributed by atoms with Crippen LogP contribution in [0.3, 0.4) is 0 Å². The Morgan fingerprint density at radius 2 is 2.26 bits per heavy atom. The zero-order chi connectivity index (χ0) is 14.0. The first-order valence-electron chi connectivity index (χ1n) is 5.44. The molecule has 0 saturated heterocycles. The Morgan fingerprint density at radius 3 is 2.89 bits per heavy atom. The lowest BCUT2D eigenvalue weighted by Crippen LogP contribution is -2.18. The summed E-state index contributed by atoms with van der Waals surface area (Å²) in [5, 5.41) is 25.3. The van der Waals surface area contributed by atoms with E-state index in [9.17, 15) is 10.1 Å². The number of aromatic nitrogens is 4. The van der Waals surface area contributed by atoms with Crippen molar-refractivity contribution in [3.05, 3.63) is 38.6 Å². The minimum Gasteiger partial charge on any atom is -0.311 e. The maximum Gasteiger partial charge on any atom is 0.271 e. The van der Waals surface area contributed by atoms with E-state index in [0.717, 1.165) is 0 Å². The molecule has 0 amide bonds. The summed E-state index contributed by atoms with van der Waals surface area (Å²) in [6, 6.07) is 4.36. The van der Waals surface area contributed by atoms with Crippen molar-refractivity contribution in [2.75, 3.05) is 7.05 Å². The predicted molar refractivity (Wildman–Crippen MR) is 71.0 cm³/mol.